The molecule has 2 aromatic rings. The second kappa shape index (κ2) is 6.70. The number of aromatic nitrogens is 2. The van der Waals surface area contributed by atoms with Gasteiger partial charge in [0.05, 0.1) is 6.61 Å². The first-order valence-electron chi connectivity index (χ1n) is 6.23. The molecule has 5 heteroatoms. The van der Waals surface area contributed by atoms with Crippen LogP contribution in [-0.4, -0.2) is 16.4 Å². The number of hydrogen-bond acceptors (Lipinski definition) is 4. The molecule has 0 unspecified atom stereocenters. The summed E-state index contributed by atoms with van der Waals surface area (Å²) in [5.41, 5.74) is 6.51. The summed E-state index contributed by atoms with van der Waals surface area (Å²) in [4.78, 5) is 11.4. The Hall–Kier alpha value is -2.14. The predicted octanol–water partition coefficient (Wildman–Crippen LogP) is 1.17. The number of benzene rings is 1. The lowest BCUT2D eigenvalue weighted by molar-refractivity contribution is 0.297. The van der Waals surface area contributed by atoms with Gasteiger partial charge < -0.3 is 10.5 Å². The molecule has 1 heterocycles. The lowest BCUT2D eigenvalue weighted by atomic mass is 10.2. The molecule has 0 fully saturated rings. The van der Waals surface area contributed by atoms with Gasteiger partial charge in [0.2, 0.25) is 0 Å². The van der Waals surface area contributed by atoms with Crippen molar-refractivity contribution in [2.75, 3.05) is 6.61 Å². The highest BCUT2D eigenvalue weighted by Crippen LogP contribution is 2.12. The highest BCUT2D eigenvalue weighted by Gasteiger charge is 1.98. The third kappa shape index (κ3) is 3.93. The molecule has 0 aliphatic carbocycles. The van der Waals surface area contributed by atoms with Crippen molar-refractivity contribution >= 4 is 0 Å². The minimum atomic E-state index is -0.0902. The molecular formula is C14H17N3O2. The van der Waals surface area contributed by atoms with E-state index in [4.69, 9.17) is 10.5 Å². The molecule has 0 saturated carbocycles. The Morgan fingerprint density at radius 2 is 2.16 bits per heavy atom. The summed E-state index contributed by atoms with van der Waals surface area (Å²) in [5.74, 6) is 0.802. The molecule has 0 aliphatic rings. The maximum absolute atomic E-state index is 11.4. The summed E-state index contributed by atoms with van der Waals surface area (Å²) in [6.45, 7) is 1.59. The number of nitrogens with zero attached hydrogens (tertiary/aromatic N) is 2. The predicted molar refractivity (Wildman–Crippen MR) is 72.9 cm³/mol. The normalized spacial score (nSPS) is 10.4. The molecule has 0 amide bonds. The molecule has 0 saturated heterocycles. The van der Waals surface area contributed by atoms with Gasteiger partial charge in [-0.1, -0.05) is 12.1 Å². The highest BCUT2D eigenvalue weighted by atomic mass is 16.5. The van der Waals surface area contributed by atoms with Crippen LogP contribution in [0, 0.1) is 0 Å². The van der Waals surface area contributed by atoms with Crippen molar-refractivity contribution in [2.45, 2.75) is 19.5 Å². The van der Waals surface area contributed by atoms with Crippen molar-refractivity contribution in [2.24, 2.45) is 5.73 Å². The zero-order chi connectivity index (χ0) is 13.5. The minimum absolute atomic E-state index is 0.0902. The molecule has 0 spiro atoms. The van der Waals surface area contributed by atoms with E-state index >= 15 is 0 Å². The standard InChI is InChI=1S/C14H17N3O2/c15-11-12-4-1-5-13(10-12)19-9-3-8-17-14(18)6-2-7-16-17/h1-2,4-7,10H,3,8-9,11,15H2. The Morgan fingerprint density at radius 1 is 1.26 bits per heavy atom. The number of nitrogens with two attached hydrogens (primary N) is 1. The number of ether oxygens (including phenoxy) is 1. The number of rotatable bonds is 6. The summed E-state index contributed by atoms with van der Waals surface area (Å²) in [6, 6.07) is 10.8. The Morgan fingerprint density at radius 3 is 2.95 bits per heavy atom. The van der Waals surface area contributed by atoms with E-state index < -0.39 is 0 Å². The van der Waals surface area contributed by atoms with Crippen LogP contribution in [0.25, 0.3) is 0 Å². The quantitative estimate of drug-likeness (QED) is 0.791. The number of hydrogen-bond donors (Lipinski definition) is 1. The van der Waals surface area contributed by atoms with Crippen molar-refractivity contribution in [1.82, 2.24) is 9.78 Å². The van der Waals surface area contributed by atoms with Crippen LogP contribution >= 0.6 is 0 Å². The Labute approximate surface area is 111 Å². The Balaban J connectivity index is 1.81. The fourth-order valence-electron chi connectivity index (χ4n) is 1.72. The summed E-state index contributed by atoms with van der Waals surface area (Å²) < 4.78 is 7.04. The summed E-state index contributed by atoms with van der Waals surface area (Å²) in [5, 5.41) is 3.98. The van der Waals surface area contributed by atoms with E-state index in [0.29, 0.717) is 19.7 Å². The minimum Gasteiger partial charge on any atom is -0.494 e. The average Bonchev–Trinajstić information content (AvgIpc) is 2.45. The van der Waals surface area contributed by atoms with E-state index in [1.165, 1.54) is 10.7 Å². The van der Waals surface area contributed by atoms with Gasteiger partial charge in [0.15, 0.2) is 0 Å². The fraction of sp³-hybridized carbons (Fsp3) is 0.286. The van der Waals surface area contributed by atoms with Crippen LogP contribution in [0.15, 0.2) is 47.4 Å². The SMILES string of the molecule is NCc1cccc(OCCCn2ncccc2=O)c1. The zero-order valence-corrected chi connectivity index (χ0v) is 10.7. The van der Waals surface area contributed by atoms with Crippen LogP contribution in [0.2, 0.25) is 0 Å². The van der Waals surface area contributed by atoms with E-state index in [1.807, 2.05) is 24.3 Å². The molecule has 2 N–H and O–H groups in total. The summed E-state index contributed by atoms with van der Waals surface area (Å²) >= 11 is 0. The van der Waals surface area contributed by atoms with Gasteiger partial charge in [-0.25, -0.2) is 4.68 Å². The van der Waals surface area contributed by atoms with Crippen molar-refractivity contribution in [1.29, 1.82) is 0 Å². The topological polar surface area (TPSA) is 70.1 Å². The van der Waals surface area contributed by atoms with Crippen LogP contribution in [0.3, 0.4) is 0 Å². The maximum Gasteiger partial charge on any atom is 0.266 e. The van der Waals surface area contributed by atoms with Crippen LogP contribution in [-0.2, 0) is 13.1 Å². The maximum atomic E-state index is 11.4. The first-order chi connectivity index (χ1) is 9.29. The third-order valence-electron chi connectivity index (χ3n) is 2.70. The van der Waals surface area contributed by atoms with Gasteiger partial charge in [-0.3, -0.25) is 4.79 Å². The number of aryl methyl sites for hydroxylation is 1. The molecule has 5 nitrogen and oxygen atoms in total. The van der Waals surface area contributed by atoms with Crippen LogP contribution in [0.5, 0.6) is 5.75 Å². The van der Waals surface area contributed by atoms with E-state index in [-0.39, 0.29) is 5.56 Å². The van der Waals surface area contributed by atoms with Gasteiger partial charge in [-0.05, 0) is 23.8 Å². The van der Waals surface area contributed by atoms with Crippen molar-refractivity contribution in [3.8, 4) is 5.75 Å². The van der Waals surface area contributed by atoms with E-state index in [2.05, 4.69) is 5.10 Å². The average molecular weight is 259 g/mol. The van der Waals surface area contributed by atoms with Crippen LogP contribution in [0.4, 0.5) is 0 Å². The van der Waals surface area contributed by atoms with Crippen LogP contribution in [0.1, 0.15) is 12.0 Å². The van der Waals surface area contributed by atoms with Gasteiger partial charge in [-0.15, -0.1) is 0 Å². The second-order valence-electron chi connectivity index (χ2n) is 4.14. The van der Waals surface area contributed by atoms with Gasteiger partial charge in [-0.2, -0.15) is 5.10 Å². The van der Waals surface area contributed by atoms with Gasteiger partial charge >= 0.3 is 0 Å². The summed E-state index contributed by atoms with van der Waals surface area (Å²) in [7, 11) is 0. The lowest BCUT2D eigenvalue weighted by Gasteiger charge is -2.08. The molecule has 0 atom stereocenters. The zero-order valence-electron chi connectivity index (χ0n) is 10.7. The molecule has 100 valence electrons. The Bertz CT molecular complexity index is 581. The van der Waals surface area contributed by atoms with Gasteiger partial charge in [0.25, 0.3) is 5.56 Å². The van der Waals surface area contributed by atoms with Crippen LogP contribution < -0.4 is 16.0 Å². The largest absolute Gasteiger partial charge is 0.494 e. The molecule has 19 heavy (non-hydrogen) atoms. The van der Waals surface area contributed by atoms with Gasteiger partial charge in [0.1, 0.15) is 5.75 Å². The molecular weight excluding hydrogens is 242 g/mol. The summed E-state index contributed by atoms with van der Waals surface area (Å²) in [6.07, 6.45) is 2.33. The molecule has 0 aliphatic heterocycles. The molecule has 1 aromatic heterocycles. The molecule has 0 bridgehead atoms. The molecule has 2 rings (SSSR count). The first-order valence-corrected chi connectivity index (χ1v) is 6.23. The third-order valence-corrected chi connectivity index (χ3v) is 2.70. The lowest BCUT2D eigenvalue weighted by Crippen LogP contribution is -2.22. The molecule has 1 aromatic carbocycles. The first kappa shape index (κ1) is 13.3. The van der Waals surface area contributed by atoms with Crippen molar-refractivity contribution in [3.63, 3.8) is 0 Å². The van der Waals surface area contributed by atoms with Gasteiger partial charge in [0, 0.05) is 31.8 Å². The Kier molecular flexibility index (Phi) is 4.69. The van der Waals surface area contributed by atoms with E-state index in [0.717, 1.165) is 17.7 Å². The smallest absolute Gasteiger partial charge is 0.266 e. The van der Waals surface area contributed by atoms with Crippen molar-refractivity contribution in [3.05, 3.63) is 58.5 Å². The second-order valence-corrected chi connectivity index (χ2v) is 4.14. The monoisotopic (exact) mass is 259 g/mol. The van der Waals surface area contributed by atoms with Crippen molar-refractivity contribution < 1.29 is 4.74 Å². The fourth-order valence-corrected chi connectivity index (χ4v) is 1.72. The highest BCUT2D eigenvalue weighted by molar-refractivity contribution is 5.28. The van der Waals surface area contributed by atoms with E-state index in [1.54, 1.807) is 12.3 Å². The molecule has 0 radical (unpaired) electrons. The van der Waals surface area contributed by atoms with E-state index in [9.17, 15) is 4.79 Å².